The molecule has 2 rings (SSSR count). The molecule has 0 aliphatic heterocycles. The zero-order valence-corrected chi connectivity index (χ0v) is 12.4. The number of hydrogen-bond acceptors (Lipinski definition) is 3. The van der Waals surface area contributed by atoms with Gasteiger partial charge >= 0.3 is 12.1 Å². The predicted molar refractivity (Wildman–Crippen MR) is 81.1 cm³/mol. The molecule has 6 heteroatoms. The number of benzene rings is 2. The molecule has 0 fully saturated rings. The number of para-hydroxylation sites is 1. The van der Waals surface area contributed by atoms with E-state index in [2.05, 4.69) is 5.32 Å². The van der Waals surface area contributed by atoms with Crippen LogP contribution in [0.25, 0.3) is 0 Å². The number of nitrogens with one attached hydrogen (secondary N) is 1. The van der Waals surface area contributed by atoms with Crippen LogP contribution in [0.5, 0.6) is 0 Å². The van der Waals surface area contributed by atoms with E-state index < -0.39 is 23.6 Å². The lowest BCUT2D eigenvalue weighted by Gasteiger charge is -2.17. The van der Waals surface area contributed by atoms with E-state index >= 15 is 0 Å². The molecule has 1 atom stereocenters. The molecule has 0 heterocycles. The average Bonchev–Trinajstić information content (AvgIpc) is 2.55. The van der Waals surface area contributed by atoms with Crippen LogP contribution < -0.4 is 5.32 Å². The number of esters is 1. The molecule has 0 amide bonds. The first-order valence-electron chi connectivity index (χ1n) is 6.95. The van der Waals surface area contributed by atoms with Crippen molar-refractivity contribution < 1.29 is 22.7 Å². The van der Waals surface area contributed by atoms with Crippen molar-refractivity contribution in [2.75, 3.05) is 19.0 Å². The van der Waals surface area contributed by atoms with Gasteiger partial charge in [0, 0.05) is 12.2 Å². The third-order valence-corrected chi connectivity index (χ3v) is 3.41. The number of rotatable bonds is 5. The fourth-order valence-electron chi connectivity index (χ4n) is 2.16. The highest BCUT2D eigenvalue weighted by atomic mass is 19.4. The minimum atomic E-state index is -4.40. The number of ether oxygens (including phenoxy) is 1. The molecular weight excluding hydrogens is 307 g/mol. The average molecular weight is 323 g/mol. The van der Waals surface area contributed by atoms with Crippen molar-refractivity contribution in [1.29, 1.82) is 0 Å². The standard InChI is InChI=1S/C17H16F3NO2/c1-23-16(22)15(11-21-14-5-3-2-4-6-14)12-7-9-13(10-8-12)17(18,19)20/h2-10,15,21H,11H2,1H3. The van der Waals surface area contributed by atoms with Gasteiger partial charge in [-0.25, -0.2) is 0 Å². The van der Waals surface area contributed by atoms with Gasteiger partial charge in [-0.1, -0.05) is 30.3 Å². The van der Waals surface area contributed by atoms with Crippen molar-refractivity contribution >= 4 is 11.7 Å². The molecule has 0 spiro atoms. The van der Waals surface area contributed by atoms with Crippen LogP contribution in [-0.2, 0) is 15.7 Å². The molecule has 3 nitrogen and oxygen atoms in total. The summed E-state index contributed by atoms with van der Waals surface area (Å²) in [6.07, 6.45) is -4.40. The highest BCUT2D eigenvalue weighted by Gasteiger charge is 2.31. The smallest absolute Gasteiger partial charge is 0.416 e. The Labute approximate surface area is 132 Å². The van der Waals surface area contributed by atoms with Crippen LogP contribution in [0.2, 0.25) is 0 Å². The van der Waals surface area contributed by atoms with Crippen LogP contribution in [0, 0.1) is 0 Å². The molecule has 2 aromatic carbocycles. The van der Waals surface area contributed by atoms with Gasteiger partial charge < -0.3 is 10.1 Å². The van der Waals surface area contributed by atoms with E-state index in [4.69, 9.17) is 4.74 Å². The monoisotopic (exact) mass is 323 g/mol. The van der Waals surface area contributed by atoms with E-state index in [9.17, 15) is 18.0 Å². The Balaban J connectivity index is 2.16. The molecular formula is C17H16F3NO2. The van der Waals surface area contributed by atoms with Gasteiger partial charge in [-0.2, -0.15) is 13.2 Å². The second-order valence-electron chi connectivity index (χ2n) is 4.94. The zero-order valence-electron chi connectivity index (χ0n) is 12.4. The van der Waals surface area contributed by atoms with Crippen LogP contribution in [0.1, 0.15) is 17.0 Å². The molecule has 1 unspecified atom stereocenters. The first-order chi connectivity index (χ1) is 10.9. The lowest BCUT2D eigenvalue weighted by Crippen LogP contribution is -2.22. The number of alkyl halides is 3. The first-order valence-corrected chi connectivity index (χ1v) is 6.95. The van der Waals surface area contributed by atoms with Crippen molar-refractivity contribution in [3.05, 3.63) is 65.7 Å². The van der Waals surface area contributed by atoms with Crippen LogP contribution >= 0.6 is 0 Å². The molecule has 122 valence electrons. The largest absolute Gasteiger partial charge is 0.468 e. The summed E-state index contributed by atoms with van der Waals surface area (Å²) in [4.78, 5) is 11.9. The maximum absolute atomic E-state index is 12.6. The Hall–Kier alpha value is -2.50. The third-order valence-electron chi connectivity index (χ3n) is 3.41. The summed E-state index contributed by atoms with van der Waals surface area (Å²) < 4.78 is 42.6. The van der Waals surface area contributed by atoms with Crippen molar-refractivity contribution in [3.63, 3.8) is 0 Å². The third kappa shape index (κ3) is 4.48. The van der Waals surface area contributed by atoms with E-state index in [1.165, 1.54) is 19.2 Å². The van der Waals surface area contributed by atoms with E-state index in [1.54, 1.807) is 0 Å². The fourth-order valence-corrected chi connectivity index (χ4v) is 2.16. The van der Waals surface area contributed by atoms with Gasteiger partial charge in [0.1, 0.15) is 0 Å². The van der Waals surface area contributed by atoms with Crippen molar-refractivity contribution in [2.24, 2.45) is 0 Å². The van der Waals surface area contributed by atoms with E-state index in [0.717, 1.165) is 17.8 Å². The number of carbonyl (C=O) groups is 1. The van der Waals surface area contributed by atoms with Crippen LogP contribution in [-0.4, -0.2) is 19.6 Å². The SMILES string of the molecule is COC(=O)C(CNc1ccccc1)c1ccc(C(F)(F)F)cc1. The van der Waals surface area contributed by atoms with Gasteiger partial charge in [0.25, 0.3) is 0 Å². The zero-order chi connectivity index (χ0) is 16.9. The number of anilines is 1. The van der Waals surface area contributed by atoms with Crippen molar-refractivity contribution in [1.82, 2.24) is 0 Å². The maximum Gasteiger partial charge on any atom is 0.416 e. The summed E-state index contributed by atoms with van der Waals surface area (Å²) in [5, 5.41) is 3.08. The lowest BCUT2D eigenvalue weighted by molar-refractivity contribution is -0.142. The van der Waals surface area contributed by atoms with Gasteiger partial charge in [-0.15, -0.1) is 0 Å². The quantitative estimate of drug-likeness (QED) is 0.843. The molecule has 0 saturated carbocycles. The summed E-state index contributed by atoms with van der Waals surface area (Å²) in [7, 11) is 1.25. The van der Waals surface area contributed by atoms with Crippen LogP contribution in [0.15, 0.2) is 54.6 Å². The van der Waals surface area contributed by atoms with Gasteiger partial charge in [0.15, 0.2) is 0 Å². The Morgan fingerprint density at radius 1 is 1.09 bits per heavy atom. The number of carbonyl (C=O) groups excluding carboxylic acids is 1. The van der Waals surface area contributed by atoms with Crippen LogP contribution in [0.3, 0.4) is 0 Å². The molecule has 0 saturated heterocycles. The van der Waals surface area contributed by atoms with Gasteiger partial charge in [0.05, 0.1) is 18.6 Å². The molecule has 0 aliphatic rings. The van der Waals surface area contributed by atoms with E-state index in [0.29, 0.717) is 5.56 Å². The number of methoxy groups -OCH3 is 1. The molecule has 0 aliphatic carbocycles. The number of halogens is 3. The topological polar surface area (TPSA) is 38.3 Å². The summed E-state index contributed by atoms with van der Waals surface area (Å²) in [6, 6.07) is 13.7. The van der Waals surface area contributed by atoms with Crippen molar-refractivity contribution in [3.8, 4) is 0 Å². The second-order valence-corrected chi connectivity index (χ2v) is 4.94. The van der Waals surface area contributed by atoms with E-state index in [1.807, 2.05) is 30.3 Å². The van der Waals surface area contributed by atoms with Gasteiger partial charge in [-0.05, 0) is 29.8 Å². The fraction of sp³-hybridized carbons (Fsp3) is 0.235. The minimum Gasteiger partial charge on any atom is -0.468 e. The summed E-state index contributed by atoms with van der Waals surface area (Å²) in [5.74, 6) is -1.20. The first kappa shape index (κ1) is 16.9. The predicted octanol–water partition coefficient (Wildman–Crippen LogP) is 4.07. The minimum absolute atomic E-state index is 0.224. The molecule has 1 N–H and O–H groups in total. The molecule has 0 aromatic heterocycles. The molecule has 23 heavy (non-hydrogen) atoms. The van der Waals surface area contributed by atoms with Crippen LogP contribution in [0.4, 0.5) is 18.9 Å². The summed E-state index contributed by atoms with van der Waals surface area (Å²) in [5.41, 5.74) is 0.530. The van der Waals surface area contributed by atoms with Gasteiger partial charge in [-0.3, -0.25) is 4.79 Å². The Bertz CT molecular complexity index is 639. The van der Waals surface area contributed by atoms with Crippen molar-refractivity contribution in [2.45, 2.75) is 12.1 Å². The number of hydrogen-bond donors (Lipinski definition) is 1. The second kappa shape index (κ2) is 7.17. The molecule has 0 radical (unpaired) electrons. The van der Waals surface area contributed by atoms with Gasteiger partial charge in [0.2, 0.25) is 0 Å². The highest BCUT2D eigenvalue weighted by Crippen LogP contribution is 2.30. The normalized spacial score (nSPS) is 12.5. The Morgan fingerprint density at radius 3 is 2.22 bits per heavy atom. The molecule has 0 bridgehead atoms. The maximum atomic E-state index is 12.6. The summed E-state index contributed by atoms with van der Waals surface area (Å²) >= 11 is 0. The molecule has 2 aromatic rings. The lowest BCUT2D eigenvalue weighted by atomic mass is 9.97. The highest BCUT2D eigenvalue weighted by molar-refractivity contribution is 5.79. The summed E-state index contributed by atoms with van der Waals surface area (Å²) in [6.45, 7) is 0.224. The van der Waals surface area contributed by atoms with E-state index in [-0.39, 0.29) is 6.54 Å². The Kier molecular flexibility index (Phi) is 5.26. The Morgan fingerprint density at radius 2 is 1.70 bits per heavy atom.